The molecule has 1 atom stereocenters. The standard InChI is InChI=1S/C21H26F2N4OS/c1-4-7-18-26-19-20(13(2)14(3)25-21(19)24)27(18)10-5-6-11-29(28)17-9-8-15(22)12-16(17)23/h8-9,12H,4-7,10-11H2,1-3H3,(H2,24,25). The Hall–Kier alpha value is -2.19. The molecule has 2 N–H and O–H groups in total. The van der Waals surface area contributed by atoms with E-state index in [2.05, 4.69) is 16.5 Å². The number of aromatic nitrogens is 3. The lowest BCUT2D eigenvalue weighted by molar-refractivity contribution is 0.545. The molecule has 1 unspecified atom stereocenters. The molecular formula is C21H26F2N4OS. The Labute approximate surface area is 172 Å². The minimum absolute atomic E-state index is 0.0523. The molecule has 3 rings (SSSR count). The summed E-state index contributed by atoms with van der Waals surface area (Å²) in [5, 5.41) is 0. The molecule has 8 heteroatoms. The number of fused-ring (bicyclic) bond motifs is 1. The van der Waals surface area contributed by atoms with Gasteiger partial charge in [-0.15, -0.1) is 0 Å². The third-order valence-electron chi connectivity index (χ3n) is 5.05. The summed E-state index contributed by atoms with van der Waals surface area (Å²) in [5.74, 6) is 0.295. The van der Waals surface area contributed by atoms with Gasteiger partial charge < -0.3 is 14.9 Å². The van der Waals surface area contributed by atoms with Gasteiger partial charge >= 0.3 is 0 Å². The average Bonchev–Trinajstić information content (AvgIpc) is 3.02. The van der Waals surface area contributed by atoms with Crippen LogP contribution in [0.15, 0.2) is 23.1 Å². The van der Waals surface area contributed by atoms with Gasteiger partial charge in [0.1, 0.15) is 22.9 Å². The van der Waals surface area contributed by atoms with Crippen molar-refractivity contribution in [3.05, 3.63) is 46.9 Å². The highest BCUT2D eigenvalue weighted by atomic mass is 32.2. The summed E-state index contributed by atoms with van der Waals surface area (Å²) in [4.78, 5) is 9.15. The van der Waals surface area contributed by atoms with Crippen LogP contribution >= 0.6 is 0 Å². The molecule has 156 valence electrons. The number of benzene rings is 1. The molecule has 5 nitrogen and oxygen atoms in total. The number of nitrogens with zero attached hydrogens (tertiary/aromatic N) is 3. The maximum Gasteiger partial charge on any atom is 0.188 e. The Morgan fingerprint density at radius 3 is 2.62 bits per heavy atom. The van der Waals surface area contributed by atoms with Crippen molar-refractivity contribution < 1.29 is 13.3 Å². The average molecular weight is 421 g/mol. The van der Waals surface area contributed by atoms with Gasteiger partial charge in [-0.05, 0) is 62.0 Å². The van der Waals surface area contributed by atoms with Crippen molar-refractivity contribution in [1.82, 2.24) is 14.5 Å². The van der Waals surface area contributed by atoms with E-state index in [0.717, 1.165) is 59.5 Å². The zero-order chi connectivity index (χ0) is 21.1. The normalized spacial score (nSPS) is 12.6. The number of aryl methyl sites for hydroxylation is 4. The molecule has 0 fully saturated rings. The van der Waals surface area contributed by atoms with E-state index in [1.165, 1.54) is 6.07 Å². The summed E-state index contributed by atoms with van der Waals surface area (Å²) in [5.41, 5.74) is 9.77. The molecule has 1 aromatic carbocycles. The maximum absolute atomic E-state index is 13.8. The third kappa shape index (κ3) is 4.53. The quantitative estimate of drug-likeness (QED) is 0.431. The zero-order valence-corrected chi connectivity index (χ0v) is 17.8. The molecule has 0 spiro atoms. The van der Waals surface area contributed by atoms with E-state index in [1.54, 1.807) is 0 Å². The number of nitrogens with two attached hydrogens (primary N) is 1. The highest BCUT2D eigenvalue weighted by Crippen LogP contribution is 2.27. The van der Waals surface area contributed by atoms with E-state index in [9.17, 15) is 13.3 Å². The first-order valence-electron chi connectivity index (χ1n) is 9.78. The lowest BCUT2D eigenvalue weighted by Crippen LogP contribution is -2.11. The van der Waals surface area contributed by atoms with E-state index in [4.69, 9.17) is 10.7 Å². The molecule has 0 amide bonds. The van der Waals surface area contributed by atoms with Crippen LogP contribution in [0.2, 0.25) is 0 Å². The molecule has 0 aliphatic rings. The molecule has 0 bridgehead atoms. The minimum Gasteiger partial charge on any atom is -0.611 e. The molecular weight excluding hydrogens is 394 g/mol. The largest absolute Gasteiger partial charge is 0.611 e. The van der Waals surface area contributed by atoms with E-state index in [-0.39, 0.29) is 4.90 Å². The van der Waals surface area contributed by atoms with E-state index < -0.39 is 22.8 Å². The predicted molar refractivity (Wildman–Crippen MR) is 112 cm³/mol. The highest BCUT2D eigenvalue weighted by molar-refractivity contribution is 7.91. The fraction of sp³-hybridized carbons (Fsp3) is 0.429. The van der Waals surface area contributed by atoms with Crippen LogP contribution in [0.3, 0.4) is 0 Å². The monoisotopic (exact) mass is 420 g/mol. The summed E-state index contributed by atoms with van der Waals surface area (Å²) in [6.07, 6.45) is 3.20. The second-order valence-corrected chi connectivity index (χ2v) is 8.70. The van der Waals surface area contributed by atoms with Gasteiger partial charge in [-0.25, -0.2) is 18.7 Å². The van der Waals surface area contributed by atoms with Crippen LogP contribution in [0.4, 0.5) is 14.6 Å². The van der Waals surface area contributed by atoms with Crippen LogP contribution in [-0.2, 0) is 24.1 Å². The fourth-order valence-corrected chi connectivity index (χ4v) is 4.66. The van der Waals surface area contributed by atoms with Gasteiger partial charge in [0.2, 0.25) is 0 Å². The van der Waals surface area contributed by atoms with Crippen LogP contribution in [0, 0.1) is 25.5 Å². The molecule has 2 heterocycles. The first-order chi connectivity index (χ1) is 13.8. The number of hydrogen-bond acceptors (Lipinski definition) is 4. The number of pyridine rings is 1. The van der Waals surface area contributed by atoms with E-state index in [0.29, 0.717) is 24.5 Å². The van der Waals surface area contributed by atoms with Gasteiger partial charge in [0.25, 0.3) is 0 Å². The van der Waals surface area contributed by atoms with Gasteiger partial charge in [0.15, 0.2) is 16.5 Å². The van der Waals surface area contributed by atoms with Crippen molar-refractivity contribution in [3.8, 4) is 0 Å². The van der Waals surface area contributed by atoms with Crippen LogP contribution in [-0.4, -0.2) is 24.8 Å². The zero-order valence-electron chi connectivity index (χ0n) is 17.0. The van der Waals surface area contributed by atoms with Crippen molar-refractivity contribution in [2.45, 2.75) is 57.9 Å². The van der Waals surface area contributed by atoms with Crippen LogP contribution in [0.5, 0.6) is 0 Å². The molecule has 0 aliphatic carbocycles. The first-order valence-corrected chi connectivity index (χ1v) is 11.1. The number of nitrogen functional groups attached to an aromatic ring is 1. The summed E-state index contributed by atoms with van der Waals surface area (Å²) >= 11 is -1.50. The third-order valence-corrected chi connectivity index (χ3v) is 6.53. The molecule has 2 aromatic heterocycles. The van der Waals surface area contributed by atoms with Gasteiger partial charge in [-0.2, -0.15) is 0 Å². The van der Waals surface area contributed by atoms with Crippen molar-refractivity contribution in [2.75, 3.05) is 11.5 Å². The lowest BCUT2D eigenvalue weighted by Gasteiger charge is -2.13. The summed E-state index contributed by atoms with van der Waals surface area (Å²) in [6, 6.07) is 3.16. The molecule has 0 saturated heterocycles. The number of hydrogen-bond donors (Lipinski definition) is 1. The smallest absolute Gasteiger partial charge is 0.188 e. The Morgan fingerprint density at radius 2 is 1.93 bits per heavy atom. The summed E-state index contributed by atoms with van der Waals surface area (Å²) in [6.45, 7) is 6.76. The van der Waals surface area contributed by atoms with Gasteiger partial charge in [0.05, 0.1) is 5.52 Å². The summed E-state index contributed by atoms with van der Waals surface area (Å²) < 4.78 is 41.4. The SMILES string of the molecule is CCCc1nc2c(N)nc(C)c(C)c2n1CCCC[S+]([O-])c1ccc(F)cc1F. The van der Waals surface area contributed by atoms with Crippen molar-refractivity contribution >= 4 is 28.0 Å². The second kappa shape index (κ2) is 9.09. The number of unbranched alkanes of at least 4 members (excludes halogenated alkanes) is 1. The Kier molecular flexibility index (Phi) is 6.74. The number of halogens is 2. The van der Waals surface area contributed by atoms with Crippen LogP contribution in [0.1, 0.15) is 43.3 Å². The molecule has 0 saturated carbocycles. The molecule has 0 aliphatic heterocycles. The lowest BCUT2D eigenvalue weighted by atomic mass is 10.2. The number of rotatable bonds is 8. The van der Waals surface area contributed by atoms with Gasteiger partial charge in [-0.3, -0.25) is 0 Å². The fourth-order valence-electron chi connectivity index (χ4n) is 3.47. The Morgan fingerprint density at radius 1 is 1.17 bits per heavy atom. The Balaban J connectivity index is 1.74. The molecule has 0 radical (unpaired) electrons. The van der Waals surface area contributed by atoms with Crippen LogP contribution < -0.4 is 5.73 Å². The van der Waals surface area contributed by atoms with Crippen molar-refractivity contribution in [1.29, 1.82) is 0 Å². The summed E-state index contributed by atoms with van der Waals surface area (Å²) in [7, 11) is 0. The van der Waals surface area contributed by atoms with Crippen molar-refractivity contribution in [2.24, 2.45) is 0 Å². The molecule has 29 heavy (non-hydrogen) atoms. The van der Waals surface area contributed by atoms with Crippen LogP contribution in [0.25, 0.3) is 11.0 Å². The van der Waals surface area contributed by atoms with E-state index >= 15 is 0 Å². The van der Waals surface area contributed by atoms with Gasteiger partial charge in [-0.1, -0.05) is 6.92 Å². The first kappa shape index (κ1) is 21.5. The van der Waals surface area contributed by atoms with Crippen molar-refractivity contribution in [3.63, 3.8) is 0 Å². The van der Waals surface area contributed by atoms with Gasteiger partial charge in [0, 0.05) is 24.7 Å². The number of anilines is 1. The Bertz CT molecular complexity index is 1020. The molecule has 3 aromatic rings. The predicted octanol–water partition coefficient (Wildman–Crippen LogP) is 4.45. The maximum atomic E-state index is 13.8. The topological polar surface area (TPSA) is 79.8 Å². The number of imidazole rings is 1. The highest BCUT2D eigenvalue weighted by Gasteiger charge is 2.19. The minimum atomic E-state index is -1.50. The van der Waals surface area contributed by atoms with E-state index in [1.807, 2.05) is 13.8 Å². The second-order valence-electron chi connectivity index (χ2n) is 7.17.